The lowest BCUT2D eigenvalue weighted by Gasteiger charge is -1.88. The summed E-state index contributed by atoms with van der Waals surface area (Å²) < 4.78 is 0. The minimum atomic E-state index is 0.709. The van der Waals surface area contributed by atoms with Crippen molar-refractivity contribution in [3.8, 4) is 10.7 Å². The second kappa shape index (κ2) is 3.18. The molecule has 2 aromatic rings. The van der Waals surface area contributed by atoms with Gasteiger partial charge in [0.25, 0.3) is 0 Å². The largest absolute Gasteiger partial charge is 0.300 e. The summed E-state index contributed by atoms with van der Waals surface area (Å²) in [4.78, 5) is 8.33. The Morgan fingerprint density at radius 1 is 1.42 bits per heavy atom. The maximum absolute atomic E-state index is 5.20. The SMILES string of the molecule is NNc1nc(-c2nccs2)cs1. The molecule has 0 aliphatic rings. The number of aromatic nitrogens is 2. The van der Waals surface area contributed by atoms with Crippen LogP contribution in [0.4, 0.5) is 5.13 Å². The lowest BCUT2D eigenvalue weighted by Crippen LogP contribution is -2.05. The standard InChI is InChI=1S/C6H6N4S2/c7-10-6-9-4(3-12-6)5-8-1-2-11-5/h1-3H,7H2,(H,9,10). The van der Waals surface area contributed by atoms with Gasteiger partial charge in [-0.15, -0.1) is 22.7 Å². The van der Waals surface area contributed by atoms with Crippen LogP contribution in [0.1, 0.15) is 0 Å². The minimum absolute atomic E-state index is 0.709. The van der Waals surface area contributed by atoms with Crippen LogP contribution >= 0.6 is 22.7 Å². The maximum Gasteiger partial charge on any atom is 0.197 e. The molecule has 4 nitrogen and oxygen atoms in total. The van der Waals surface area contributed by atoms with Crippen LogP contribution in [0.2, 0.25) is 0 Å². The highest BCUT2D eigenvalue weighted by Gasteiger charge is 2.04. The molecule has 12 heavy (non-hydrogen) atoms. The number of nitrogens with one attached hydrogen (secondary N) is 1. The number of rotatable bonds is 2. The van der Waals surface area contributed by atoms with Gasteiger partial charge in [-0.25, -0.2) is 15.8 Å². The van der Waals surface area contributed by atoms with Crippen molar-refractivity contribution in [2.75, 3.05) is 5.43 Å². The molecule has 0 saturated carbocycles. The first kappa shape index (κ1) is 7.66. The Hall–Kier alpha value is -0.980. The van der Waals surface area contributed by atoms with Crippen molar-refractivity contribution in [2.24, 2.45) is 5.84 Å². The van der Waals surface area contributed by atoms with E-state index in [0.29, 0.717) is 5.13 Å². The summed E-state index contributed by atoms with van der Waals surface area (Å²) in [6, 6.07) is 0. The Morgan fingerprint density at radius 2 is 2.33 bits per heavy atom. The second-order valence-corrected chi connectivity index (χ2v) is 3.77. The third-order valence-corrected chi connectivity index (χ3v) is 2.85. The molecule has 0 radical (unpaired) electrons. The Bertz CT molecular complexity index is 353. The predicted molar refractivity (Wildman–Crippen MR) is 51.0 cm³/mol. The average molecular weight is 198 g/mol. The molecular formula is C6H6N4S2. The molecule has 0 unspecified atom stereocenters. The molecule has 0 aliphatic carbocycles. The fourth-order valence-electron chi connectivity index (χ4n) is 0.788. The first-order valence-corrected chi connectivity index (χ1v) is 4.98. The van der Waals surface area contributed by atoms with Crippen molar-refractivity contribution < 1.29 is 0 Å². The Kier molecular flexibility index (Phi) is 2.03. The normalized spacial score (nSPS) is 10.1. The van der Waals surface area contributed by atoms with Crippen molar-refractivity contribution in [2.45, 2.75) is 0 Å². The van der Waals surface area contributed by atoms with E-state index in [-0.39, 0.29) is 0 Å². The minimum Gasteiger partial charge on any atom is -0.300 e. The molecule has 0 fully saturated rings. The summed E-state index contributed by atoms with van der Waals surface area (Å²) in [7, 11) is 0. The molecule has 0 bridgehead atoms. The van der Waals surface area contributed by atoms with Gasteiger partial charge in [-0.05, 0) is 0 Å². The molecule has 0 aromatic carbocycles. The van der Waals surface area contributed by atoms with Gasteiger partial charge in [0.2, 0.25) is 0 Å². The molecular weight excluding hydrogens is 192 g/mol. The summed E-state index contributed by atoms with van der Waals surface area (Å²) >= 11 is 3.03. The highest BCUT2D eigenvalue weighted by Crippen LogP contribution is 2.25. The van der Waals surface area contributed by atoms with Gasteiger partial charge in [0.1, 0.15) is 10.7 Å². The van der Waals surface area contributed by atoms with E-state index in [1.54, 1.807) is 17.5 Å². The highest BCUT2D eigenvalue weighted by molar-refractivity contribution is 7.15. The van der Waals surface area contributed by atoms with E-state index in [1.807, 2.05) is 10.8 Å². The van der Waals surface area contributed by atoms with E-state index in [9.17, 15) is 0 Å². The highest BCUT2D eigenvalue weighted by atomic mass is 32.1. The molecule has 0 spiro atoms. The van der Waals surface area contributed by atoms with Crippen molar-refractivity contribution in [3.63, 3.8) is 0 Å². The van der Waals surface area contributed by atoms with Gasteiger partial charge in [-0.1, -0.05) is 0 Å². The van der Waals surface area contributed by atoms with Crippen molar-refractivity contribution >= 4 is 27.8 Å². The zero-order valence-electron chi connectivity index (χ0n) is 6.02. The van der Waals surface area contributed by atoms with E-state index < -0.39 is 0 Å². The van der Waals surface area contributed by atoms with Gasteiger partial charge >= 0.3 is 0 Å². The van der Waals surface area contributed by atoms with Gasteiger partial charge in [0.05, 0.1) is 0 Å². The van der Waals surface area contributed by atoms with E-state index in [2.05, 4.69) is 15.4 Å². The average Bonchev–Trinajstić information content (AvgIpc) is 2.75. The van der Waals surface area contributed by atoms with Crippen LogP contribution < -0.4 is 11.3 Å². The summed E-state index contributed by atoms with van der Waals surface area (Å²) in [6.45, 7) is 0. The number of nitrogens with two attached hydrogens (primary N) is 1. The van der Waals surface area contributed by atoms with Crippen molar-refractivity contribution in [1.82, 2.24) is 9.97 Å². The van der Waals surface area contributed by atoms with Crippen molar-refractivity contribution in [1.29, 1.82) is 0 Å². The monoisotopic (exact) mass is 198 g/mol. The van der Waals surface area contributed by atoms with Gasteiger partial charge in [0, 0.05) is 17.0 Å². The Labute approximate surface area is 77.1 Å². The molecule has 0 saturated heterocycles. The smallest absolute Gasteiger partial charge is 0.197 e. The number of hydrogen-bond donors (Lipinski definition) is 2. The molecule has 62 valence electrons. The third-order valence-electron chi connectivity index (χ3n) is 1.28. The van der Waals surface area contributed by atoms with Crippen LogP contribution in [0.5, 0.6) is 0 Å². The number of nitrogen functional groups attached to an aromatic ring is 1. The maximum atomic E-state index is 5.20. The van der Waals surface area contributed by atoms with E-state index >= 15 is 0 Å². The lowest BCUT2D eigenvalue weighted by molar-refractivity contribution is 1.28. The summed E-state index contributed by atoms with van der Waals surface area (Å²) in [5.74, 6) is 5.20. The van der Waals surface area contributed by atoms with Gasteiger partial charge in [-0.2, -0.15) is 0 Å². The zero-order valence-corrected chi connectivity index (χ0v) is 7.65. The summed E-state index contributed by atoms with van der Waals surface area (Å²) in [5.41, 5.74) is 3.37. The van der Waals surface area contributed by atoms with Crippen LogP contribution in [0, 0.1) is 0 Å². The van der Waals surface area contributed by atoms with Crippen LogP contribution in [-0.2, 0) is 0 Å². The second-order valence-electron chi connectivity index (χ2n) is 2.02. The third kappa shape index (κ3) is 1.31. The number of hydrogen-bond acceptors (Lipinski definition) is 6. The molecule has 2 heterocycles. The molecule has 0 atom stereocenters. The molecule has 0 amide bonds. The molecule has 0 aliphatic heterocycles. The topological polar surface area (TPSA) is 63.8 Å². The first-order chi connectivity index (χ1) is 5.90. The van der Waals surface area contributed by atoms with Crippen LogP contribution in [0.3, 0.4) is 0 Å². The summed E-state index contributed by atoms with van der Waals surface area (Å²) in [5, 5.41) is 5.48. The van der Waals surface area contributed by atoms with E-state index in [4.69, 9.17) is 5.84 Å². The lowest BCUT2D eigenvalue weighted by atomic mass is 10.5. The predicted octanol–water partition coefficient (Wildman–Crippen LogP) is 1.55. The first-order valence-electron chi connectivity index (χ1n) is 3.22. The number of anilines is 1. The van der Waals surface area contributed by atoms with Crippen LogP contribution in [0.25, 0.3) is 10.7 Å². The number of hydrazine groups is 1. The summed E-state index contributed by atoms with van der Waals surface area (Å²) in [6.07, 6.45) is 1.76. The van der Waals surface area contributed by atoms with Gasteiger partial charge in [-0.3, -0.25) is 5.43 Å². The fraction of sp³-hybridized carbons (Fsp3) is 0. The number of thiazole rings is 2. The Morgan fingerprint density at radius 3 is 2.92 bits per heavy atom. The Balaban J connectivity index is 2.35. The fourth-order valence-corrected chi connectivity index (χ4v) is 2.07. The molecule has 6 heteroatoms. The number of nitrogens with zero attached hydrogens (tertiary/aromatic N) is 2. The zero-order chi connectivity index (χ0) is 8.39. The molecule has 2 rings (SSSR count). The quantitative estimate of drug-likeness (QED) is 0.567. The van der Waals surface area contributed by atoms with Crippen LogP contribution in [-0.4, -0.2) is 9.97 Å². The molecule has 3 N–H and O–H groups in total. The van der Waals surface area contributed by atoms with Crippen molar-refractivity contribution in [3.05, 3.63) is 17.0 Å². The van der Waals surface area contributed by atoms with Gasteiger partial charge < -0.3 is 0 Å². The van der Waals surface area contributed by atoms with Crippen LogP contribution in [0.15, 0.2) is 17.0 Å². The molecule has 2 aromatic heterocycles. The van der Waals surface area contributed by atoms with E-state index in [1.165, 1.54) is 11.3 Å². The van der Waals surface area contributed by atoms with E-state index in [0.717, 1.165) is 10.7 Å². The van der Waals surface area contributed by atoms with Gasteiger partial charge in [0.15, 0.2) is 5.13 Å².